The van der Waals surface area contributed by atoms with Gasteiger partial charge in [0, 0.05) is 45.9 Å². The summed E-state index contributed by atoms with van der Waals surface area (Å²) < 4.78 is 86.7. The first-order valence-corrected chi connectivity index (χ1v) is 18.2. The van der Waals surface area contributed by atoms with Crippen molar-refractivity contribution in [2.75, 3.05) is 31.6 Å². The summed E-state index contributed by atoms with van der Waals surface area (Å²) in [6, 6.07) is 5.16. The minimum Gasteiger partial charge on any atom is -0.381 e. The van der Waals surface area contributed by atoms with Gasteiger partial charge in [-0.2, -0.15) is 5.10 Å². The van der Waals surface area contributed by atoms with Crippen LogP contribution in [0.4, 0.5) is 18.9 Å². The first kappa shape index (κ1) is 30.0. The van der Waals surface area contributed by atoms with E-state index in [0.29, 0.717) is 6.61 Å². The van der Waals surface area contributed by atoms with Crippen molar-refractivity contribution < 1.29 is 35.9 Å². The minimum atomic E-state index is -4.01. The van der Waals surface area contributed by atoms with Gasteiger partial charge in [0.05, 0.1) is 16.5 Å². The highest BCUT2D eigenvalue weighted by atomic mass is 32.2. The molecule has 218 valence electrons. The fourth-order valence-corrected chi connectivity index (χ4v) is 6.64. The molecule has 9 nitrogen and oxygen atoms in total. The van der Waals surface area contributed by atoms with E-state index in [9.17, 15) is 13.2 Å². The summed E-state index contributed by atoms with van der Waals surface area (Å²) in [6.45, 7) is 7.24. The first-order chi connectivity index (χ1) is 18.8. The monoisotopic (exact) mass is 598 g/mol. The van der Waals surface area contributed by atoms with E-state index in [1.807, 2.05) is 0 Å². The van der Waals surface area contributed by atoms with Gasteiger partial charge >= 0.3 is 0 Å². The van der Waals surface area contributed by atoms with Crippen molar-refractivity contribution in [2.24, 2.45) is 0 Å². The number of nitrogens with zero attached hydrogens (tertiary/aromatic N) is 2. The van der Waals surface area contributed by atoms with Crippen molar-refractivity contribution in [3.8, 4) is 11.1 Å². The molecular formula is C26H33F3N4O5SSi. The Labute approximate surface area is 232 Å². The van der Waals surface area contributed by atoms with Gasteiger partial charge < -0.3 is 14.8 Å². The van der Waals surface area contributed by atoms with E-state index in [1.165, 1.54) is 13.1 Å². The van der Waals surface area contributed by atoms with Crippen molar-refractivity contribution in [3.05, 3.63) is 47.4 Å². The highest BCUT2D eigenvalue weighted by Gasteiger charge is 2.30. The topological polar surface area (TPSA) is 112 Å². The quantitative estimate of drug-likeness (QED) is 0.258. The molecule has 1 aromatic heterocycles. The Balaban J connectivity index is 1.76. The van der Waals surface area contributed by atoms with Crippen LogP contribution in [0.25, 0.3) is 22.0 Å². The fraction of sp³-hybridized carbons (Fsp3) is 0.462. The van der Waals surface area contributed by atoms with E-state index in [4.69, 9.17) is 9.47 Å². The molecule has 0 aliphatic carbocycles. The van der Waals surface area contributed by atoms with Crippen molar-refractivity contribution in [1.82, 2.24) is 15.1 Å². The summed E-state index contributed by atoms with van der Waals surface area (Å²) in [6.07, 6.45) is 0.460. The molecule has 1 saturated heterocycles. The van der Waals surface area contributed by atoms with E-state index in [1.54, 1.807) is 0 Å². The predicted octanol–water partition coefficient (Wildman–Crippen LogP) is 4.71. The molecule has 1 aliphatic rings. The Morgan fingerprint density at radius 1 is 1.12 bits per heavy atom. The van der Waals surface area contributed by atoms with Gasteiger partial charge in [0.15, 0.2) is 17.3 Å². The number of ether oxygens (including phenoxy) is 2. The maximum absolute atomic E-state index is 16.1. The Morgan fingerprint density at radius 3 is 2.48 bits per heavy atom. The molecule has 14 heteroatoms. The number of rotatable bonds is 10. The zero-order valence-corrected chi connectivity index (χ0v) is 24.6. The van der Waals surface area contributed by atoms with Gasteiger partial charge in [-0.1, -0.05) is 25.7 Å². The zero-order chi connectivity index (χ0) is 29.2. The van der Waals surface area contributed by atoms with Gasteiger partial charge in [-0.3, -0.25) is 9.52 Å². The van der Waals surface area contributed by atoms with Crippen molar-refractivity contribution in [2.45, 2.75) is 50.5 Å². The average Bonchev–Trinajstić information content (AvgIpc) is 3.28. The summed E-state index contributed by atoms with van der Waals surface area (Å²) in [4.78, 5) is 12.4. The normalized spacial score (nSPS) is 15.0. The standard InChI is InChI=1S/C26H33F3N4O5SSi/c1-30-26(34)24-18-6-5-17(22(28)25(18)33(31-24)15-38-13-14-40(2,3)4)21-19(27)7-8-20(23(21)29)32-39(35,36)16-9-11-37-12-10-16/h5-8,16,32H,9-15H2,1-4H3,(H,30,34). The van der Waals surface area contributed by atoms with Gasteiger partial charge in [0.25, 0.3) is 5.91 Å². The highest BCUT2D eigenvalue weighted by Crippen LogP contribution is 2.36. The summed E-state index contributed by atoms with van der Waals surface area (Å²) >= 11 is 0. The number of amides is 1. The van der Waals surface area contributed by atoms with Crippen LogP contribution < -0.4 is 10.0 Å². The second kappa shape index (κ2) is 11.9. The average molecular weight is 599 g/mol. The number of carbonyl (C=O) groups is 1. The predicted molar refractivity (Wildman–Crippen MR) is 149 cm³/mol. The highest BCUT2D eigenvalue weighted by molar-refractivity contribution is 7.93. The molecule has 1 fully saturated rings. The molecule has 4 rings (SSSR count). The number of sulfonamides is 1. The number of fused-ring (bicyclic) bond motifs is 1. The third-order valence-electron chi connectivity index (χ3n) is 6.72. The Morgan fingerprint density at radius 2 is 1.82 bits per heavy atom. The summed E-state index contributed by atoms with van der Waals surface area (Å²) in [5.41, 5.74) is -1.95. The number of carbonyl (C=O) groups excluding carboxylic acids is 1. The molecular weight excluding hydrogens is 565 g/mol. The van der Waals surface area contributed by atoms with E-state index in [2.05, 4.69) is 34.8 Å². The van der Waals surface area contributed by atoms with Gasteiger partial charge in [-0.05, 0) is 37.1 Å². The molecule has 0 saturated carbocycles. The maximum atomic E-state index is 16.1. The number of benzene rings is 2. The van der Waals surface area contributed by atoms with E-state index < -0.39 is 63.5 Å². The van der Waals surface area contributed by atoms with Gasteiger partial charge in [0.2, 0.25) is 10.0 Å². The van der Waals surface area contributed by atoms with E-state index in [0.717, 1.165) is 28.9 Å². The number of hydrogen-bond acceptors (Lipinski definition) is 6. The molecule has 1 aliphatic heterocycles. The van der Waals surface area contributed by atoms with Gasteiger partial charge in [-0.25, -0.2) is 26.3 Å². The Hall–Kier alpha value is -2.94. The molecule has 0 radical (unpaired) electrons. The van der Waals surface area contributed by atoms with Crippen LogP contribution in [0.1, 0.15) is 23.3 Å². The molecule has 2 N–H and O–H groups in total. The largest absolute Gasteiger partial charge is 0.381 e. The molecule has 0 spiro atoms. The number of halogens is 3. The lowest BCUT2D eigenvalue weighted by molar-refractivity contribution is 0.0802. The summed E-state index contributed by atoms with van der Waals surface area (Å²) in [5.74, 6) is -3.96. The van der Waals surface area contributed by atoms with Gasteiger partial charge in [0.1, 0.15) is 18.1 Å². The van der Waals surface area contributed by atoms with Crippen LogP contribution in [-0.2, 0) is 26.2 Å². The maximum Gasteiger partial charge on any atom is 0.272 e. The molecule has 40 heavy (non-hydrogen) atoms. The van der Waals surface area contributed by atoms with Crippen LogP contribution in [0, 0.1) is 17.5 Å². The second-order valence-corrected chi connectivity index (χ2v) is 18.4. The fourth-order valence-electron chi connectivity index (χ4n) is 4.44. The Kier molecular flexibility index (Phi) is 8.92. The second-order valence-electron chi connectivity index (χ2n) is 10.8. The lowest BCUT2D eigenvalue weighted by Gasteiger charge is -2.23. The molecule has 2 aromatic carbocycles. The lowest BCUT2D eigenvalue weighted by Crippen LogP contribution is -2.33. The first-order valence-electron chi connectivity index (χ1n) is 12.9. The Bertz CT molecular complexity index is 1520. The van der Waals surface area contributed by atoms with E-state index in [-0.39, 0.29) is 49.4 Å². The number of nitrogens with one attached hydrogen (secondary N) is 2. The van der Waals surface area contributed by atoms with Crippen molar-refractivity contribution in [3.63, 3.8) is 0 Å². The summed E-state index contributed by atoms with van der Waals surface area (Å²) in [7, 11) is -4.02. The molecule has 0 unspecified atom stereocenters. The molecule has 3 aromatic rings. The molecule has 2 heterocycles. The van der Waals surface area contributed by atoms with Crippen LogP contribution >= 0.6 is 0 Å². The third-order valence-corrected chi connectivity index (χ3v) is 10.3. The lowest BCUT2D eigenvalue weighted by atomic mass is 10.0. The van der Waals surface area contributed by atoms with Crippen LogP contribution in [0.5, 0.6) is 0 Å². The molecule has 1 amide bonds. The third kappa shape index (κ3) is 6.34. The molecule has 0 atom stereocenters. The van der Waals surface area contributed by atoms with Crippen LogP contribution in [0.3, 0.4) is 0 Å². The van der Waals surface area contributed by atoms with Crippen molar-refractivity contribution in [1.29, 1.82) is 0 Å². The number of aromatic nitrogens is 2. The zero-order valence-electron chi connectivity index (χ0n) is 22.8. The molecule has 0 bridgehead atoms. The van der Waals surface area contributed by atoms with Crippen LogP contribution in [0.2, 0.25) is 25.7 Å². The van der Waals surface area contributed by atoms with Crippen LogP contribution in [-0.4, -0.2) is 64.3 Å². The smallest absolute Gasteiger partial charge is 0.272 e. The van der Waals surface area contributed by atoms with E-state index >= 15 is 13.2 Å². The van der Waals surface area contributed by atoms with Crippen LogP contribution in [0.15, 0.2) is 24.3 Å². The number of hydrogen-bond donors (Lipinski definition) is 2. The van der Waals surface area contributed by atoms with Crippen molar-refractivity contribution >= 4 is 40.6 Å². The summed E-state index contributed by atoms with van der Waals surface area (Å²) in [5, 5.41) is 5.99. The SMILES string of the molecule is CNC(=O)c1nn(COCC[Si](C)(C)C)c2c(F)c(-c3c(F)ccc(NS(=O)(=O)C4CCOCC4)c3F)ccc12. The minimum absolute atomic E-state index is 0.0735. The van der Waals surface area contributed by atoms with Gasteiger partial charge in [-0.15, -0.1) is 0 Å². The number of anilines is 1.